The molecule has 20 heteroatoms. The van der Waals surface area contributed by atoms with Gasteiger partial charge in [-0.3, -0.25) is 4.79 Å². The maximum Gasteiger partial charge on any atom is 0.411 e. The fourth-order valence-corrected chi connectivity index (χ4v) is 16.4. The summed E-state index contributed by atoms with van der Waals surface area (Å²) >= 11 is 0. The summed E-state index contributed by atoms with van der Waals surface area (Å²) in [7, 11) is -3.42. The second kappa shape index (κ2) is 41.7. The summed E-state index contributed by atoms with van der Waals surface area (Å²) in [6, 6.07) is 75.8. The number of ether oxygens (including phenoxy) is 4. The monoisotopic (exact) mass is 1850 g/mol. The molecule has 0 saturated heterocycles. The molecular formula is C114H112F12O7S. The van der Waals surface area contributed by atoms with Gasteiger partial charge in [0.25, 0.3) is 0 Å². The standard InChI is InChI=1S/C31H26F6O2.C31H32O2.C19H18F6.C17H18O.C16H18O2S/c1-19-5-11-27(17-21(19)3)38-25-13-7-23(8-14-25)29(30(32,33)34,31(35,36)37)24-9-15-26(16-10-24)39-28-12-6-20(2)22(4)18-28;1-21-7-13-29(19-23(21)3)32-27-15-9-25(10-16-27)31(5,6)26-11-17-28(18-12-26)33-30-14-8-22(2)24(4)20-30;1-11-5-7-15(9-13(11)3)17(18(20,21)22,19(23,24)25)16-8-6-12(2)14(4)10-16;1-11-5-7-15(9-13(11)3)17(18)16-8-6-12(2)14(4)10-16;1-11-5-7-15(9-13(11)3)19(17,18)16-8-6-12(2)14(4)10-16/h5-18H,1-4H3;7-20H,1-6H3;5-10H,1-4H3;5-10H,1-4H3;5-10H,1-4H3. The molecule has 0 radical (unpaired) electrons. The number of carbonyl (C=O) groups is 1. The molecule has 0 amide bonds. The van der Waals surface area contributed by atoms with Gasteiger partial charge in [-0.15, -0.1) is 0 Å². The zero-order chi connectivity index (χ0) is 98.9. The lowest BCUT2D eigenvalue weighted by Gasteiger charge is -2.38. The van der Waals surface area contributed by atoms with Crippen molar-refractivity contribution < 1.29 is 84.8 Å². The molecule has 0 aromatic heterocycles. The Balaban J connectivity index is 0.000000179. The van der Waals surface area contributed by atoms with E-state index in [9.17, 15) is 65.9 Å². The molecule has 0 atom stereocenters. The van der Waals surface area contributed by atoms with E-state index in [0.717, 1.165) is 163 Å². The van der Waals surface area contributed by atoms with Gasteiger partial charge in [0.1, 0.15) is 46.0 Å². The molecular weight excluding hydrogens is 1740 g/mol. The number of halogens is 12. The molecule has 0 N–H and O–H groups in total. The Morgan fingerprint density at radius 3 is 0.597 bits per heavy atom. The fourth-order valence-electron chi connectivity index (χ4n) is 15.0. The molecule has 7 nitrogen and oxygen atoms in total. The van der Waals surface area contributed by atoms with Crippen LogP contribution in [0.5, 0.6) is 46.0 Å². The van der Waals surface area contributed by atoms with E-state index in [1.165, 1.54) is 70.5 Å². The lowest BCUT2D eigenvalue weighted by molar-refractivity contribution is -0.290. The molecule has 134 heavy (non-hydrogen) atoms. The summed E-state index contributed by atoms with van der Waals surface area (Å²) in [5, 5.41) is 0. The van der Waals surface area contributed by atoms with Gasteiger partial charge in [0.2, 0.25) is 20.7 Å². The highest BCUT2D eigenvalue weighted by Crippen LogP contribution is 2.59. The number of sulfone groups is 1. The molecule has 14 rings (SSSR count). The average Bonchev–Trinajstić information content (AvgIpc) is 0.712. The first-order valence-electron chi connectivity index (χ1n) is 43.5. The van der Waals surface area contributed by atoms with E-state index in [1.54, 1.807) is 62.4 Å². The Labute approximate surface area is 779 Å². The third-order valence-electron chi connectivity index (χ3n) is 25.3. The van der Waals surface area contributed by atoms with E-state index in [4.69, 9.17) is 18.9 Å². The van der Waals surface area contributed by atoms with E-state index in [2.05, 4.69) is 104 Å². The number of aryl methyl sites for hydroxylation is 20. The van der Waals surface area contributed by atoms with Gasteiger partial charge in [-0.05, 0) is 417 Å². The van der Waals surface area contributed by atoms with Gasteiger partial charge in [0.05, 0.1) is 9.79 Å². The smallest absolute Gasteiger partial charge is 0.411 e. The van der Waals surface area contributed by atoms with Gasteiger partial charge in [-0.25, -0.2) is 8.42 Å². The molecule has 0 saturated carbocycles. The van der Waals surface area contributed by atoms with Crippen molar-refractivity contribution >= 4 is 15.6 Å². The van der Waals surface area contributed by atoms with Gasteiger partial charge < -0.3 is 18.9 Å². The molecule has 0 bridgehead atoms. The summed E-state index contributed by atoms with van der Waals surface area (Å²) in [6.07, 6.45) is -22.5. The lowest BCUT2D eigenvalue weighted by atomic mass is 9.71. The first kappa shape index (κ1) is 103. The average molecular weight is 1850 g/mol. The van der Waals surface area contributed by atoms with Crippen LogP contribution in [0.1, 0.15) is 174 Å². The minimum atomic E-state index is -5.70. The van der Waals surface area contributed by atoms with Crippen LogP contribution in [0.25, 0.3) is 0 Å². The number of carbonyl (C=O) groups excluding carboxylic acids is 1. The Morgan fingerprint density at radius 2 is 0.381 bits per heavy atom. The Hall–Kier alpha value is -12.9. The SMILES string of the molecule is Cc1ccc(C(=O)c2ccc(C)c(C)c2)cc1C.Cc1ccc(C(c2ccc(C)c(C)c2)(C(F)(F)F)C(F)(F)F)cc1C.Cc1ccc(Oc2ccc(C(C)(C)c3ccc(Oc4ccc(C)c(C)c4)cc3)cc2)cc1C.Cc1ccc(Oc2ccc(C(c3ccc(Oc4ccc(C)c(C)c4)cc3)(C(F)(F)F)C(F)(F)F)cc2)cc1C.Cc1ccc(S(=O)(=O)c2ccc(C)c(C)c2)cc1C. The quantitative estimate of drug-likeness (QED) is 0.0625. The molecule has 0 fully saturated rings. The zero-order valence-electron chi connectivity index (χ0n) is 79.4. The summed E-state index contributed by atoms with van der Waals surface area (Å²) < 4.78 is 220. The molecule has 14 aromatic rings. The Kier molecular flexibility index (Phi) is 32.1. The number of alkyl halides is 12. The first-order valence-corrected chi connectivity index (χ1v) is 45.0. The van der Waals surface area contributed by atoms with Crippen LogP contribution >= 0.6 is 0 Å². The van der Waals surface area contributed by atoms with E-state index >= 15 is 0 Å². The number of rotatable bonds is 18. The third kappa shape index (κ3) is 23.6. The van der Waals surface area contributed by atoms with Crippen molar-refractivity contribution in [3.05, 3.63) is 435 Å². The van der Waals surface area contributed by atoms with E-state index in [0.29, 0.717) is 43.5 Å². The van der Waals surface area contributed by atoms with Crippen LogP contribution in [0.2, 0.25) is 0 Å². The van der Waals surface area contributed by atoms with Gasteiger partial charge in [0, 0.05) is 16.5 Å². The van der Waals surface area contributed by atoms with Crippen LogP contribution in [0.15, 0.2) is 289 Å². The van der Waals surface area contributed by atoms with Crippen LogP contribution in [0.3, 0.4) is 0 Å². The summed E-state index contributed by atoms with van der Waals surface area (Å²) in [4.78, 5) is 13.1. The van der Waals surface area contributed by atoms with Crippen LogP contribution in [-0.2, 0) is 26.1 Å². The first-order chi connectivity index (χ1) is 62.6. The highest BCUT2D eigenvalue weighted by Gasteiger charge is 2.74. The van der Waals surface area contributed by atoms with Crippen molar-refractivity contribution in [1.29, 1.82) is 0 Å². The molecule has 0 heterocycles. The number of ketones is 1. The maximum absolute atomic E-state index is 14.5. The summed E-state index contributed by atoms with van der Waals surface area (Å²) in [6.45, 7) is 42.7. The number of hydrogen-bond acceptors (Lipinski definition) is 7. The minimum absolute atomic E-state index is 0.0983. The van der Waals surface area contributed by atoms with Crippen molar-refractivity contribution in [2.24, 2.45) is 0 Å². The van der Waals surface area contributed by atoms with Crippen molar-refractivity contribution in [3.63, 3.8) is 0 Å². The highest BCUT2D eigenvalue weighted by atomic mass is 32.2. The summed E-state index contributed by atoms with van der Waals surface area (Å²) in [5.41, 5.74) is 11.7. The predicted molar refractivity (Wildman–Crippen MR) is 512 cm³/mol. The minimum Gasteiger partial charge on any atom is -0.457 e. The largest absolute Gasteiger partial charge is 0.457 e. The van der Waals surface area contributed by atoms with Crippen LogP contribution in [-0.4, -0.2) is 38.9 Å². The molecule has 0 aliphatic carbocycles. The van der Waals surface area contributed by atoms with Crippen LogP contribution < -0.4 is 18.9 Å². The third-order valence-corrected chi connectivity index (χ3v) is 27.0. The van der Waals surface area contributed by atoms with Crippen molar-refractivity contribution in [3.8, 4) is 46.0 Å². The van der Waals surface area contributed by atoms with Gasteiger partial charge in [-0.1, -0.05) is 159 Å². The van der Waals surface area contributed by atoms with E-state index in [1.807, 2.05) is 166 Å². The topological polar surface area (TPSA) is 88.1 Å². The predicted octanol–water partition coefficient (Wildman–Crippen LogP) is 33.0. The molecule has 0 unspecified atom stereocenters. The summed E-state index contributed by atoms with van der Waals surface area (Å²) in [5.74, 6) is 4.57. The maximum atomic E-state index is 14.5. The Morgan fingerprint density at radius 1 is 0.201 bits per heavy atom. The zero-order valence-corrected chi connectivity index (χ0v) is 80.2. The number of benzene rings is 14. The van der Waals surface area contributed by atoms with Gasteiger partial charge in [-0.2, -0.15) is 52.7 Å². The number of hydrogen-bond donors (Lipinski definition) is 0. The molecule has 0 spiro atoms. The Bertz CT molecular complexity index is 6270. The molecule has 700 valence electrons. The fraction of sp³-hybridized carbons (Fsp3) is 0.254. The van der Waals surface area contributed by atoms with E-state index < -0.39 is 67.6 Å². The molecule has 14 aromatic carbocycles. The normalized spacial score (nSPS) is 11.9. The molecule has 0 aliphatic rings. The van der Waals surface area contributed by atoms with Gasteiger partial charge >= 0.3 is 24.7 Å². The lowest BCUT2D eigenvalue weighted by Crippen LogP contribution is -2.54. The van der Waals surface area contributed by atoms with Crippen molar-refractivity contribution in [1.82, 2.24) is 0 Å². The van der Waals surface area contributed by atoms with Crippen LogP contribution in [0, 0.1) is 138 Å². The van der Waals surface area contributed by atoms with E-state index in [-0.39, 0.29) is 22.7 Å². The molecule has 0 aliphatic heterocycles. The van der Waals surface area contributed by atoms with Gasteiger partial charge in [0.15, 0.2) is 5.78 Å². The second-order valence-electron chi connectivity index (χ2n) is 35.1. The van der Waals surface area contributed by atoms with Crippen molar-refractivity contribution in [2.45, 2.75) is 203 Å². The second-order valence-corrected chi connectivity index (χ2v) is 37.1. The van der Waals surface area contributed by atoms with Crippen molar-refractivity contribution in [2.75, 3.05) is 0 Å². The van der Waals surface area contributed by atoms with Crippen LogP contribution in [0.4, 0.5) is 52.7 Å². The highest BCUT2D eigenvalue weighted by molar-refractivity contribution is 7.91.